The molecule has 1 heterocycles. The fraction of sp³-hybridized carbons (Fsp3) is 0.167. The van der Waals surface area contributed by atoms with Crippen molar-refractivity contribution in [1.29, 1.82) is 0 Å². The minimum absolute atomic E-state index is 0.260. The van der Waals surface area contributed by atoms with Gasteiger partial charge in [0, 0.05) is 6.54 Å². The van der Waals surface area contributed by atoms with E-state index in [1.807, 2.05) is 36.6 Å². The van der Waals surface area contributed by atoms with Crippen LogP contribution in [0, 0.1) is 0 Å². The average molecular weight is 280 g/mol. The summed E-state index contributed by atoms with van der Waals surface area (Å²) in [4.78, 5) is 15.6. The van der Waals surface area contributed by atoms with Crippen LogP contribution >= 0.6 is 23.1 Å². The smallest absolute Gasteiger partial charge is 0.349 e. The predicted molar refractivity (Wildman–Crippen MR) is 74.6 cm³/mol. The molecular formula is C12H12N2O2S2. The van der Waals surface area contributed by atoms with E-state index in [4.69, 9.17) is 5.11 Å². The van der Waals surface area contributed by atoms with Gasteiger partial charge in [-0.15, -0.1) is 0 Å². The van der Waals surface area contributed by atoms with Crippen LogP contribution < -0.4 is 5.32 Å². The highest BCUT2D eigenvalue weighted by Gasteiger charge is 2.16. The molecule has 0 saturated carbocycles. The zero-order valence-electron chi connectivity index (χ0n) is 9.71. The van der Waals surface area contributed by atoms with Gasteiger partial charge in [-0.05, 0) is 11.8 Å². The molecule has 94 valence electrons. The number of nitrogens with one attached hydrogen (secondary N) is 1. The van der Waals surface area contributed by atoms with Crippen molar-refractivity contribution in [1.82, 2.24) is 4.98 Å². The van der Waals surface area contributed by atoms with Crippen LogP contribution in [0.4, 0.5) is 5.82 Å². The summed E-state index contributed by atoms with van der Waals surface area (Å²) in [6, 6.07) is 9.80. The molecule has 0 aliphatic heterocycles. The molecule has 2 aromatic rings. The van der Waals surface area contributed by atoms with Crippen LogP contribution in [0.15, 0.2) is 34.7 Å². The molecule has 6 heteroatoms. The summed E-state index contributed by atoms with van der Waals surface area (Å²) in [5.74, 6) is -0.496. The molecule has 0 unspecified atom stereocenters. The number of hydrogen-bond acceptors (Lipinski definition) is 5. The van der Waals surface area contributed by atoms with Gasteiger partial charge in [0.15, 0.2) is 15.0 Å². The van der Waals surface area contributed by atoms with Crippen molar-refractivity contribution in [3.63, 3.8) is 0 Å². The number of rotatable bonds is 5. The molecule has 0 spiro atoms. The fourth-order valence-electron chi connectivity index (χ4n) is 1.43. The monoisotopic (exact) mass is 280 g/mol. The Labute approximate surface area is 113 Å². The topological polar surface area (TPSA) is 62.2 Å². The molecule has 1 aromatic carbocycles. The highest BCUT2D eigenvalue weighted by Crippen LogP contribution is 2.29. The van der Waals surface area contributed by atoms with Crippen molar-refractivity contribution in [3.8, 4) is 0 Å². The Morgan fingerprint density at radius 2 is 2.17 bits per heavy atom. The molecule has 0 fully saturated rings. The number of carboxylic acid groups (broad SMARTS) is 1. The minimum atomic E-state index is -0.941. The molecule has 0 atom stereocenters. The first kappa shape index (κ1) is 12.9. The van der Waals surface area contributed by atoms with E-state index in [2.05, 4.69) is 10.3 Å². The molecule has 2 N–H and O–H groups in total. The molecule has 1 aromatic heterocycles. The lowest BCUT2D eigenvalue weighted by Gasteiger charge is -2.03. The van der Waals surface area contributed by atoms with Gasteiger partial charge in [0.25, 0.3) is 0 Å². The Morgan fingerprint density at radius 1 is 1.44 bits per heavy atom. The minimum Gasteiger partial charge on any atom is -0.477 e. The number of hydrogen-bond donors (Lipinski definition) is 2. The van der Waals surface area contributed by atoms with Crippen molar-refractivity contribution < 1.29 is 9.90 Å². The molecule has 18 heavy (non-hydrogen) atoms. The molecule has 0 amide bonds. The van der Waals surface area contributed by atoms with Gasteiger partial charge < -0.3 is 10.4 Å². The summed E-state index contributed by atoms with van der Waals surface area (Å²) in [5.41, 5.74) is 1.09. The lowest BCUT2D eigenvalue weighted by molar-refractivity contribution is 0.0703. The van der Waals surface area contributed by atoms with E-state index in [1.165, 1.54) is 23.1 Å². The molecule has 0 aliphatic carbocycles. The van der Waals surface area contributed by atoms with Crippen LogP contribution in [-0.2, 0) is 6.54 Å². The van der Waals surface area contributed by atoms with E-state index < -0.39 is 5.97 Å². The Kier molecular flexibility index (Phi) is 4.22. The highest BCUT2D eigenvalue weighted by molar-refractivity contribution is 8.00. The molecule has 0 saturated heterocycles. The standard InChI is InChI=1S/C12H12N2O2S2/c1-17-12-14-10(9(18-12)11(15)16)13-7-8-5-3-2-4-6-8/h2-6,13H,7H2,1H3,(H,15,16). The SMILES string of the molecule is CSc1nc(NCc2ccccc2)c(C(=O)O)s1. The number of carboxylic acids is 1. The molecular weight excluding hydrogens is 268 g/mol. The number of thiazole rings is 1. The number of thioether (sulfide) groups is 1. The molecule has 4 nitrogen and oxygen atoms in total. The van der Waals surface area contributed by atoms with Crippen LogP contribution in [-0.4, -0.2) is 22.3 Å². The second-order valence-electron chi connectivity index (χ2n) is 3.51. The number of carbonyl (C=O) groups is 1. The van der Waals surface area contributed by atoms with Gasteiger partial charge in [0.2, 0.25) is 0 Å². The number of aromatic carboxylic acids is 1. The van der Waals surface area contributed by atoms with Gasteiger partial charge in [-0.25, -0.2) is 9.78 Å². The van der Waals surface area contributed by atoms with Gasteiger partial charge in [-0.2, -0.15) is 0 Å². The van der Waals surface area contributed by atoms with Crippen molar-refractivity contribution in [2.45, 2.75) is 10.9 Å². The number of aromatic nitrogens is 1. The van der Waals surface area contributed by atoms with Crippen molar-refractivity contribution in [2.24, 2.45) is 0 Å². The number of benzene rings is 1. The Bertz CT molecular complexity index is 540. The van der Waals surface area contributed by atoms with E-state index in [9.17, 15) is 4.79 Å². The molecule has 0 aliphatic rings. The lowest BCUT2D eigenvalue weighted by atomic mass is 10.2. The summed E-state index contributed by atoms with van der Waals surface area (Å²) >= 11 is 2.64. The van der Waals surface area contributed by atoms with Crippen LogP contribution in [0.25, 0.3) is 0 Å². The first-order valence-electron chi connectivity index (χ1n) is 5.26. The van der Waals surface area contributed by atoms with Crippen molar-refractivity contribution >= 4 is 34.9 Å². The fourth-order valence-corrected chi connectivity index (χ4v) is 2.81. The summed E-state index contributed by atoms with van der Waals surface area (Å²) in [6.07, 6.45) is 1.88. The molecule has 0 radical (unpaired) electrons. The van der Waals surface area contributed by atoms with Crippen molar-refractivity contribution in [2.75, 3.05) is 11.6 Å². The van der Waals surface area contributed by atoms with Gasteiger partial charge in [0.1, 0.15) is 0 Å². The number of nitrogens with zero attached hydrogens (tertiary/aromatic N) is 1. The third kappa shape index (κ3) is 3.02. The second-order valence-corrected chi connectivity index (χ2v) is 5.56. The summed E-state index contributed by atoms with van der Waals surface area (Å²) in [7, 11) is 0. The number of anilines is 1. The second kappa shape index (κ2) is 5.88. The molecule has 2 rings (SSSR count). The lowest BCUT2D eigenvalue weighted by Crippen LogP contribution is -2.04. The van der Waals surface area contributed by atoms with Gasteiger partial charge in [-0.1, -0.05) is 53.4 Å². The maximum atomic E-state index is 11.1. The first-order valence-corrected chi connectivity index (χ1v) is 7.30. The Morgan fingerprint density at radius 3 is 2.78 bits per heavy atom. The maximum absolute atomic E-state index is 11.1. The average Bonchev–Trinajstić information content (AvgIpc) is 2.81. The van der Waals surface area contributed by atoms with Gasteiger partial charge in [0.05, 0.1) is 0 Å². The van der Waals surface area contributed by atoms with Gasteiger partial charge >= 0.3 is 5.97 Å². The van der Waals surface area contributed by atoms with E-state index in [0.717, 1.165) is 9.90 Å². The summed E-state index contributed by atoms with van der Waals surface area (Å²) in [5, 5.41) is 12.2. The summed E-state index contributed by atoms with van der Waals surface area (Å²) < 4.78 is 0.753. The summed E-state index contributed by atoms with van der Waals surface area (Å²) in [6.45, 7) is 0.568. The zero-order chi connectivity index (χ0) is 13.0. The normalized spacial score (nSPS) is 10.3. The van der Waals surface area contributed by atoms with E-state index in [1.54, 1.807) is 0 Å². The van der Waals surface area contributed by atoms with Crippen LogP contribution in [0.2, 0.25) is 0 Å². The largest absolute Gasteiger partial charge is 0.477 e. The quantitative estimate of drug-likeness (QED) is 0.824. The Balaban J connectivity index is 2.13. The Hall–Kier alpha value is -1.53. The van der Waals surface area contributed by atoms with Crippen LogP contribution in [0.5, 0.6) is 0 Å². The third-order valence-electron chi connectivity index (χ3n) is 2.28. The van der Waals surface area contributed by atoms with Crippen LogP contribution in [0.3, 0.4) is 0 Å². The predicted octanol–water partition coefficient (Wildman–Crippen LogP) is 3.18. The van der Waals surface area contributed by atoms with Crippen LogP contribution in [0.1, 0.15) is 15.2 Å². The van der Waals surface area contributed by atoms with E-state index in [0.29, 0.717) is 12.4 Å². The highest BCUT2D eigenvalue weighted by atomic mass is 32.2. The van der Waals surface area contributed by atoms with Gasteiger partial charge in [-0.3, -0.25) is 0 Å². The first-order chi connectivity index (χ1) is 8.70. The maximum Gasteiger partial charge on any atom is 0.349 e. The zero-order valence-corrected chi connectivity index (χ0v) is 11.3. The molecule has 0 bridgehead atoms. The third-order valence-corrected chi connectivity index (χ3v) is 4.31. The van der Waals surface area contributed by atoms with E-state index in [-0.39, 0.29) is 4.88 Å². The van der Waals surface area contributed by atoms with E-state index >= 15 is 0 Å². The van der Waals surface area contributed by atoms with Crippen molar-refractivity contribution in [3.05, 3.63) is 40.8 Å².